The zero-order valence-corrected chi connectivity index (χ0v) is 11.0. The maximum Gasteiger partial charge on any atom is 0.231 e. The Bertz CT molecular complexity index is 699. The Kier molecular flexibility index (Phi) is 2.83. The number of halogens is 1. The van der Waals surface area contributed by atoms with Crippen LogP contribution in [0.2, 0.25) is 0 Å². The predicted octanol–water partition coefficient (Wildman–Crippen LogP) is 4.10. The minimum absolute atomic E-state index is 0.249. The second-order valence-electron chi connectivity index (χ2n) is 4.26. The van der Waals surface area contributed by atoms with Crippen LogP contribution in [0, 0.1) is 12.7 Å². The number of nitrogens with two attached hydrogens (primary N) is 1. The molecule has 0 amide bonds. The molecule has 0 saturated heterocycles. The van der Waals surface area contributed by atoms with E-state index in [0.717, 1.165) is 16.0 Å². The largest absolute Gasteiger partial charge is 0.367 e. The van der Waals surface area contributed by atoms with Gasteiger partial charge in [-0.15, -0.1) is 11.3 Å². The van der Waals surface area contributed by atoms with Crippen LogP contribution in [0.15, 0.2) is 40.2 Å². The lowest BCUT2D eigenvalue weighted by Crippen LogP contribution is -1.87. The van der Waals surface area contributed by atoms with Crippen molar-refractivity contribution in [2.24, 2.45) is 0 Å². The third-order valence-corrected chi connectivity index (χ3v) is 3.69. The first-order valence-electron chi connectivity index (χ1n) is 5.72. The van der Waals surface area contributed by atoms with Crippen LogP contribution in [0.3, 0.4) is 0 Å². The maximum absolute atomic E-state index is 13.5. The number of rotatable bonds is 2. The highest BCUT2D eigenvalue weighted by Gasteiger charge is 2.18. The van der Waals surface area contributed by atoms with Gasteiger partial charge in [0.05, 0.1) is 5.56 Å². The van der Waals surface area contributed by atoms with Crippen LogP contribution in [0.25, 0.3) is 21.7 Å². The van der Waals surface area contributed by atoms with Crippen molar-refractivity contribution in [3.8, 4) is 21.7 Å². The normalized spacial score (nSPS) is 10.8. The van der Waals surface area contributed by atoms with E-state index in [2.05, 4.69) is 5.16 Å². The first-order valence-corrected chi connectivity index (χ1v) is 6.59. The Morgan fingerprint density at radius 1 is 1.32 bits per heavy atom. The zero-order chi connectivity index (χ0) is 13.4. The molecule has 0 radical (unpaired) electrons. The molecule has 0 fully saturated rings. The second-order valence-corrected chi connectivity index (χ2v) is 5.21. The molecule has 3 aromatic rings. The SMILES string of the molecule is Cc1cc(F)cc(-c2noc(N)c2-c2cccs2)c1. The molecule has 0 unspecified atom stereocenters. The molecular formula is C14H11FN2OS. The van der Waals surface area contributed by atoms with Crippen molar-refractivity contribution in [2.45, 2.75) is 6.92 Å². The van der Waals surface area contributed by atoms with E-state index in [4.69, 9.17) is 10.3 Å². The Morgan fingerprint density at radius 3 is 2.84 bits per heavy atom. The molecule has 0 aliphatic carbocycles. The lowest BCUT2D eigenvalue weighted by Gasteiger charge is -2.02. The van der Waals surface area contributed by atoms with Crippen LogP contribution >= 0.6 is 11.3 Å². The van der Waals surface area contributed by atoms with Gasteiger partial charge in [0.2, 0.25) is 5.88 Å². The van der Waals surface area contributed by atoms with Gasteiger partial charge in [0.1, 0.15) is 11.5 Å². The standard InChI is InChI=1S/C14H11FN2OS/c1-8-5-9(7-10(15)6-8)13-12(14(16)18-17-13)11-3-2-4-19-11/h2-7H,16H2,1H3. The summed E-state index contributed by atoms with van der Waals surface area (Å²) in [6.07, 6.45) is 0. The molecule has 2 N–H and O–H groups in total. The highest BCUT2D eigenvalue weighted by Crippen LogP contribution is 2.38. The first kappa shape index (κ1) is 11.9. The van der Waals surface area contributed by atoms with Crippen molar-refractivity contribution in [2.75, 3.05) is 5.73 Å². The van der Waals surface area contributed by atoms with E-state index in [1.54, 1.807) is 0 Å². The molecule has 0 aliphatic rings. The number of hydrogen-bond acceptors (Lipinski definition) is 4. The Balaban J connectivity index is 2.21. The summed E-state index contributed by atoms with van der Waals surface area (Å²) in [4.78, 5) is 0.954. The van der Waals surface area contributed by atoms with E-state index < -0.39 is 0 Å². The average Bonchev–Trinajstić information content (AvgIpc) is 2.96. The maximum atomic E-state index is 13.5. The summed E-state index contributed by atoms with van der Waals surface area (Å²) in [5.74, 6) is -0.0481. The fourth-order valence-electron chi connectivity index (χ4n) is 2.03. The van der Waals surface area contributed by atoms with E-state index in [-0.39, 0.29) is 11.7 Å². The smallest absolute Gasteiger partial charge is 0.231 e. The molecule has 5 heteroatoms. The molecule has 2 aromatic heterocycles. The fourth-order valence-corrected chi connectivity index (χ4v) is 2.81. The molecule has 0 bridgehead atoms. The molecule has 19 heavy (non-hydrogen) atoms. The molecular weight excluding hydrogens is 263 g/mol. The van der Waals surface area contributed by atoms with Crippen molar-refractivity contribution in [1.82, 2.24) is 5.16 Å². The van der Waals surface area contributed by atoms with Crippen LogP contribution in [-0.4, -0.2) is 5.16 Å². The van der Waals surface area contributed by atoms with Crippen LogP contribution in [0.5, 0.6) is 0 Å². The highest BCUT2D eigenvalue weighted by atomic mass is 32.1. The molecule has 2 heterocycles. The van der Waals surface area contributed by atoms with Crippen LogP contribution in [0.4, 0.5) is 10.3 Å². The molecule has 0 aliphatic heterocycles. The molecule has 1 aromatic carbocycles. The number of nitrogen functional groups attached to an aromatic ring is 1. The van der Waals surface area contributed by atoms with Crippen LogP contribution in [-0.2, 0) is 0 Å². The number of benzene rings is 1. The highest BCUT2D eigenvalue weighted by molar-refractivity contribution is 7.13. The van der Waals surface area contributed by atoms with Gasteiger partial charge in [0.25, 0.3) is 0 Å². The fraction of sp³-hybridized carbons (Fsp3) is 0.0714. The Labute approximate surface area is 113 Å². The summed E-state index contributed by atoms with van der Waals surface area (Å²) >= 11 is 1.54. The van der Waals surface area contributed by atoms with Gasteiger partial charge in [0.15, 0.2) is 0 Å². The van der Waals surface area contributed by atoms with Gasteiger partial charge in [-0.3, -0.25) is 0 Å². The molecule has 0 spiro atoms. The van der Waals surface area contributed by atoms with Crippen LogP contribution in [0.1, 0.15) is 5.56 Å². The van der Waals surface area contributed by atoms with Gasteiger partial charge in [-0.05, 0) is 42.1 Å². The topological polar surface area (TPSA) is 52.0 Å². The molecule has 96 valence electrons. The minimum atomic E-state index is -0.297. The third kappa shape index (κ3) is 2.13. The molecule has 3 rings (SSSR count). The summed E-state index contributed by atoms with van der Waals surface area (Å²) in [7, 11) is 0. The van der Waals surface area contributed by atoms with Gasteiger partial charge >= 0.3 is 0 Å². The van der Waals surface area contributed by atoms with E-state index in [9.17, 15) is 4.39 Å². The lowest BCUT2D eigenvalue weighted by molar-refractivity contribution is 0.439. The zero-order valence-electron chi connectivity index (χ0n) is 10.2. The minimum Gasteiger partial charge on any atom is -0.367 e. The summed E-state index contributed by atoms with van der Waals surface area (Å²) in [6, 6.07) is 8.62. The number of nitrogens with zero attached hydrogens (tertiary/aromatic N) is 1. The van der Waals surface area contributed by atoms with Gasteiger partial charge < -0.3 is 10.3 Å². The third-order valence-electron chi connectivity index (χ3n) is 2.80. The van der Waals surface area contributed by atoms with Gasteiger partial charge in [-0.1, -0.05) is 11.2 Å². The number of thiophene rings is 1. The first-order chi connectivity index (χ1) is 9.15. The van der Waals surface area contributed by atoms with Crippen molar-refractivity contribution >= 4 is 17.2 Å². The molecule has 0 saturated carbocycles. The van der Waals surface area contributed by atoms with E-state index in [0.29, 0.717) is 11.3 Å². The summed E-state index contributed by atoms with van der Waals surface area (Å²) in [6.45, 7) is 1.83. The van der Waals surface area contributed by atoms with E-state index in [1.165, 1.54) is 23.5 Å². The predicted molar refractivity (Wildman–Crippen MR) is 74.4 cm³/mol. The summed E-state index contributed by atoms with van der Waals surface area (Å²) < 4.78 is 18.6. The van der Waals surface area contributed by atoms with E-state index >= 15 is 0 Å². The quantitative estimate of drug-likeness (QED) is 0.765. The van der Waals surface area contributed by atoms with Crippen molar-refractivity contribution in [3.63, 3.8) is 0 Å². The Morgan fingerprint density at radius 2 is 2.16 bits per heavy atom. The second kappa shape index (κ2) is 4.51. The average molecular weight is 274 g/mol. The van der Waals surface area contributed by atoms with Gasteiger partial charge in [-0.2, -0.15) is 0 Å². The van der Waals surface area contributed by atoms with Gasteiger partial charge in [0, 0.05) is 10.4 Å². The number of aryl methyl sites for hydroxylation is 1. The van der Waals surface area contributed by atoms with Crippen LogP contribution < -0.4 is 5.73 Å². The Hall–Kier alpha value is -2.14. The summed E-state index contributed by atoms with van der Waals surface area (Å²) in [5.41, 5.74) is 8.62. The number of aromatic nitrogens is 1. The lowest BCUT2D eigenvalue weighted by atomic mass is 10.0. The summed E-state index contributed by atoms with van der Waals surface area (Å²) in [5, 5.41) is 5.91. The number of hydrogen-bond donors (Lipinski definition) is 1. The van der Waals surface area contributed by atoms with Gasteiger partial charge in [-0.25, -0.2) is 4.39 Å². The monoisotopic (exact) mass is 274 g/mol. The molecule has 3 nitrogen and oxygen atoms in total. The van der Waals surface area contributed by atoms with E-state index in [1.807, 2.05) is 30.5 Å². The van der Waals surface area contributed by atoms with Crippen molar-refractivity contribution in [3.05, 3.63) is 47.1 Å². The van der Waals surface area contributed by atoms with Crippen molar-refractivity contribution < 1.29 is 8.91 Å². The molecule has 0 atom stereocenters. The van der Waals surface area contributed by atoms with Crippen molar-refractivity contribution in [1.29, 1.82) is 0 Å². The number of anilines is 1.